The standard InChI is InChI=1S/C19H23ClN2O2S.C19H15FN2O4.C5H12NO4P/c1-2-3-4-5-6-10-13-25-19(23)24-16-14-17(20)21-22-18(16)15-11-8-7-9-12-15;1-2-7-21-15-9-14(13(20)8-16(15)26-10-17(21)23)22-18(24)11-5-3-4-6-12(11)19(22)25;1-11(9,10)3-2-4(6)5(7)8/h7-9,11-12,14H,2-6,10,13H2,1H3;1,8-9H,3-7,10H2;4H,2-3,6H2,1H3,(H,7,8)(H,9,10). The Balaban J connectivity index is 0.000000222. The van der Waals surface area contributed by atoms with Crippen molar-refractivity contribution in [1.82, 2.24) is 10.2 Å². The zero-order valence-corrected chi connectivity index (χ0v) is 37.0. The summed E-state index contributed by atoms with van der Waals surface area (Å²) in [4.78, 5) is 70.5. The van der Waals surface area contributed by atoms with Crippen molar-refractivity contribution in [3.8, 4) is 35.1 Å². The lowest BCUT2D eigenvalue weighted by Crippen LogP contribution is -2.39. The number of amides is 3. The molecule has 3 aliphatic rings. The van der Waals surface area contributed by atoms with Crippen LogP contribution in [0.25, 0.3) is 11.3 Å². The number of carbonyl (C=O) groups excluding carboxylic acids is 4. The Morgan fingerprint density at radius 2 is 1.68 bits per heavy atom. The molecule has 2 aliphatic heterocycles. The summed E-state index contributed by atoms with van der Waals surface area (Å²) in [6.45, 7) is 3.12. The molecule has 0 bridgehead atoms. The number of carboxylic acids is 1. The van der Waals surface area contributed by atoms with E-state index >= 15 is 0 Å². The molecule has 2 aromatic carbocycles. The number of terminal acetylenes is 1. The van der Waals surface area contributed by atoms with E-state index in [9.17, 15) is 32.9 Å². The molecular weight excluding hydrogens is 864 g/mol. The van der Waals surface area contributed by atoms with Gasteiger partial charge in [0.05, 0.1) is 17.9 Å². The lowest BCUT2D eigenvalue weighted by Gasteiger charge is -2.29. The molecule has 62 heavy (non-hydrogen) atoms. The van der Waals surface area contributed by atoms with Gasteiger partial charge in [0.15, 0.2) is 30.7 Å². The number of unbranched alkanes of at least 4 members (excludes halogenated alkanes) is 5. The molecule has 0 saturated heterocycles. The van der Waals surface area contributed by atoms with Crippen molar-refractivity contribution in [3.05, 3.63) is 70.6 Å². The fourth-order valence-electron chi connectivity index (χ4n) is 6.49. The molecule has 3 heterocycles. The van der Waals surface area contributed by atoms with Gasteiger partial charge in [-0.2, -0.15) is 0 Å². The number of anilines is 2. The van der Waals surface area contributed by atoms with E-state index in [4.69, 9.17) is 43.2 Å². The Morgan fingerprint density at radius 1 is 1.03 bits per heavy atom. The molecule has 332 valence electrons. The van der Waals surface area contributed by atoms with Crippen LogP contribution in [0.5, 0.6) is 11.5 Å². The fourth-order valence-corrected chi connectivity index (χ4v) is 8.05. The Kier molecular flexibility index (Phi) is 19.1. The molecule has 4 N–H and O–H groups in total. The van der Waals surface area contributed by atoms with Crippen LogP contribution in [0.4, 0.5) is 20.6 Å². The first-order valence-electron chi connectivity index (χ1n) is 20.1. The minimum atomic E-state index is -3.10. The second-order valence-corrected chi connectivity index (χ2v) is 18.5. The number of thioether (sulfide) groups is 1. The number of rotatable bonds is 15. The number of ether oxygens (including phenoxy) is 2. The molecule has 0 spiro atoms. The minimum Gasteiger partial charge on any atom is -0.481 e. The summed E-state index contributed by atoms with van der Waals surface area (Å²) in [6, 6.07) is 12.3. The lowest BCUT2D eigenvalue weighted by molar-refractivity contribution is -0.138. The number of hydrogen-bond acceptors (Lipinski definition) is 12. The first-order valence-corrected chi connectivity index (χ1v) is 23.7. The number of aliphatic carboxylic acids is 1. The summed E-state index contributed by atoms with van der Waals surface area (Å²) in [5, 5.41) is 16.1. The van der Waals surface area contributed by atoms with E-state index in [-0.39, 0.29) is 59.2 Å². The van der Waals surface area contributed by atoms with Crippen LogP contribution >= 0.6 is 30.7 Å². The molecule has 2 atom stereocenters. The third-order valence-electron chi connectivity index (χ3n) is 9.71. The maximum Gasteiger partial charge on any atom is 0.372 e. The van der Waals surface area contributed by atoms with E-state index in [0.717, 1.165) is 48.0 Å². The fraction of sp³-hybridized carbons (Fsp3) is 0.419. The van der Waals surface area contributed by atoms with Crippen LogP contribution in [0.3, 0.4) is 0 Å². The predicted molar refractivity (Wildman–Crippen MR) is 236 cm³/mol. The number of fused-ring (bicyclic) bond motifs is 1. The van der Waals surface area contributed by atoms with E-state index in [1.54, 1.807) is 0 Å². The molecule has 19 heteroatoms. The van der Waals surface area contributed by atoms with Gasteiger partial charge in [0.2, 0.25) is 0 Å². The minimum absolute atomic E-state index is 0.0170. The van der Waals surface area contributed by atoms with Gasteiger partial charge >= 0.3 is 11.3 Å². The number of imide groups is 1. The van der Waals surface area contributed by atoms with Crippen LogP contribution in [0, 0.1) is 18.2 Å². The van der Waals surface area contributed by atoms with Crippen LogP contribution in [0.2, 0.25) is 5.15 Å². The molecule has 2 unspecified atom stereocenters. The third-order valence-corrected chi connectivity index (χ3v) is 11.8. The van der Waals surface area contributed by atoms with E-state index in [1.807, 2.05) is 30.3 Å². The van der Waals surface area contributed by atoms with E-state index in [1.165, 1.54) is 61.1 Å². The number of carboxylic acid groups (broad SMARTS) is 1. The van der Waals surface area contributed by atoms with E-state index in [0.29, 0.717) is 35.4 Å². The molecule has 3 amide bonds. The average molecular weight is 914 g/mol. The second kappa shape index (κ2) is 23.9. The number of hydrogen-bond donors (Lipinski definition) is 3. The Morgan fingerprint density at radius 3 is 2.29 bits per heavy atom. The van der Waals surface area contributed by atoms with Crippen molar-refractivity contribution in [2.45, 2.75) is 83.6 Å². The number of nitrogens with zero attached hydrogens (tertiary/aromatic N) is 4. The summed E-state index contributed by atoms with van der Waals surface area (Å²) in [5.41, 5.74) is 7.43. The van der Waals surface area contributed by atoms with Crippen LogP contribution in [0.1, 0.15) is 77.6 Å². The highest BCUT2D eigenvalue weighted by atomic mass is 35.5. The number of benzene rings is 2. The summed E-state index contributed by atoms with van der Waals surface area (Å²) in [7, 11) is -3.10. The van der Waals surface area contributed by atoms with Crippen molar-refractivity contribution in [2.75, 3.05) is 41.5 Å². The molecule has 6 rings (SSSR count). The van der Waals surface area contributed by atoms with Crippen LogP contribution < -0.4 is 25.0 Å². The molecule has 1 aromatic heterocycles. The van der Waals surface area contributed by atoms with Gasteiger partial charge in [-0.25, -0.2) is 14.1 Å². The maximum absolute atomic E-state index is 14.7. The second-order valence-electron chi connectivity index (χ2n) is 14.6. The lowest BCUT2D eigenvalue weighted by atomic mass is 9.93. The van der Waals surface area contributed by atoms with Gasteiger partial charge < -0.3 is 25.2 Å². The molecule has 15 nitrogen and oxygen atoms in total. The highest BCUT2D eigenvalue weighted by Crippen LogP contribution is 2.42. The molecule has 0 radical (unpaired) electrons. The van der Waals surface area contributed by atoms with Crippen molar-refractivity contribution in [2.24, 2.45) is 5.73 Å². The monoisotopic (exact) mass is 913 g/mol. The van der Waals surface area contributed by atoms with Crippen LogP contribution in [0.15, 0.2) is 59.7 Å². The maximum atomic E-state index is 14.7. The predicted octanol–water partition coefficient (Wildman–Crippen LogP) is 8.01. The quantitative estimate of drug-likeness (QED) is 0.0433. The van der Waals surface area contributed by atoms with Crippen LogP contribution in [-0.2, 0) is 23.7 Å². The largest absolute Gasteiger partial charge is 0.481 e. The third kappa shape index (κ3) is 14.2. The normalized spacial score (nSPS) is 15.7. The average Bonchev–Trinajstić information content (AvgIpc) is 3.49. The zero-order chi connectivity index (χ0) is 45.4. The van der Waals surface area contributed by atoms with Gasteiger partial charge in [-0.05, 0) is 56.4 Å². The summed E-state index contributed by atoms with van der Waals surface area (Å²) >= 11 is 7.10. The summed E-state index contributed by atoms with van der Waals surface area (Å²) in [6.07, 6.45) is 15.2. The van der Waals surface area contributed by atoms with Crippen molar-refractivity contribution in [1.29, 1.82) is 0 Å². The molecule has 0 saturated carbocycles. The van der Waals surface area contributed by atoms with Crippen molar-refractivity contribution in [3.63, 3.8) is 0 Å². The first kappa shape index (κ1) is 49.5. The van der Waals surface area contributed by atoms with Gasteiger partial charge in [0.1, 0.15) is 17.5 Å². The molecule has 1 aliphatic carbocycles. The van der Waals surface area contributed by atoms with Gasteiger partial charge in [0, 0.05) is 47.4 Å². The van der Waals surface area contributed by atoms with Crippen molar-refractivity contribution >= 4 is 71.1 Å². The number of halogens is 2. The van der Waals surface area contributed by atoms with Gasteiger partial charge in [-0.3, -0.25) is 28.6 Å². The SMILES string of the molecule is C#CCN1C(=O)COc2cc(F)c(N3C(=O)C4=C(CCCC4)C3=O)cc21.CCCCCCCCSC(=O)Oc1cc(Cl)nnc1-c1ccccc1.CP(=O)(O)CCC(N)C(=O)O. The van der Waals surface area contributed by atoms with Gasteiger partial charge in [0.25, 0.3) is 17.7 Å². The summed E-state index contributed by atoms with van der Waals surface area (Å²) < 4.78 is 36.0. The molecular formula is C43H50ClFN5O10PS. The summed E-state index contributed by atoms with van der Waals surface area (Å²) in [5.74, 6) is 0.367. The Labute approximate surface area is 369 Å². The smallest absolute Gasteiger partial charge is 0.372 e. The van der Waals surface area contributed by atoms with Crippen LogP contribution in [-0.4, -0.2) is 87.0 Å². The van der Waals surface area contributed by atoms with Gasteiger partial charge in [-0.1, -0.05) is 86.9 Å². The van der Waals surface area contributed by atoms with Gasteiger partial charge in [-0.15, -0.1) is 16.6 Å². The van der Waals surface area contributed by atoms with E-state index in [2.05, 4.69) is 23.0 Å². The number of carbonyl (C=O) groups is 5. The first-order chi connectivity index (χ1) is 29.6. The highest BCUT2D eigenvalue weighted by molar-refractivity contribution is 8.13. The Hall–Kier alpha value is -5.11. The molecule has 0 fully saturated rings. The zero-order valence-electron chi connectivity index (χ0n) is 34.5. The van der Waals surface area contributed by atoms with Crippen molar-refractivity contribution < 1.29 is 52.4 Å². The topological polar surface area (TPSA) is 220 Å². The number of aromatic nitrogens is 2. The molecule has 3 aromatic rings. The number of nitrogens with two attached hydrogens (primary N) is 1. The Bertz CT molecular complexity index is 2210. The van der Waals surface area contributed by atoms with E-state index < -0.39 is 37.0 Å². The highest BCUT2D eigenvalue weighted by Gasteiger charge is 2.41.